The number of ether oxygens (including phenoxy) is 3. The maximum atomic E-state index is 12.2. The number of H-pyrrole nitrogens is 2. The Balaban J connectivity index is 0.000000175. The van der Waals surface area contributed by atoms with Crippen LogP contribution in [0.25, 0.3) is 33.5 Å². The van der Waals surface area contributed by atoms with Crippen molar-refractivity contribution < 1.29 is 106 Å². The molecule has 0 aromatic carbocycles. The summed E-state index contributed by atoms with van der Waals surface area (Å²) in [4.78, 5) is 104. The highest BCUT2D eigenvalue weighted by molar-refractivity contribution is 7.64. The lowest BCUT2D eigenvalue weighted by Gasteiger charge is -2.37. The van der Waals surface area contributed by atoms with Crippen LogP contribution >= 0.6 is 23.5 Å². The van der Waals surface area contributed by atoms with Gasteiger partial charge in [-0.05, 0) is 0 Å². The first kappa shape index (κ1) is 59.1. The molecule has 3 saturated heterocycles. The summed E-state index contributed by atoms with van der Waals surface area (Å²) in [5.41, 5.74) is 16.8. The van der Waals surface area contributed by atoms with E-state index in [-0.39, 0.29) is 76.5 Å². The molecule has 14 atom stereocenters. The summed E-state index contributed by atoms with van der Waals surface area (Å²) < 4.78 is 66.6. The van der Waals surface area contributed by atoms with Gasteiger partial charge in [-0.15, -0.1) is 4.98 Å². The van der Waals surface area contributed by atoms with Crippen LogP contribution in [-0.2, 0) is 74.8 Å². The molecule has 3 fully saturated rings. The van der Waals surface area contributed by atoms with Gasteiger partial charge in [0.25, 0.3) is 32.4 Å². The molecule has 77 heavy (non-hydrogen) atoms. The summed E-state index contributed by atoms with van der Waals surface area (Å²) >= 11 is 0. The van der Waals surface area contributed by atoms with Crippen LogP contribution in [0.15, 0.2) is 33.4 Å². The fraction of sp³-hybridized carbons (Fsp3) is 0.571. The van der Waals surface area contributed by atoms with E-state index in [9.17, 15) is 78.3 Å². The van der Waals surface area contributed by atoms with E-state index in [1.54, 1.807) is 0 Å². The molecule has 0 bridgehead atoms. The third-order valence-corrected chi connectivity index (χ3v) is 15.7. The van der Waals surface area contributed by atoms with E-state index in [0.29, 0.717) is 0 Å². The number of phosphoric acid groups is 3. The largest absolute Gasteiger partial charge is 0.790 e. The number of aromatic nitrogens is 12. The third kappa shape index (κ3) is 12.8. The summed E-state index contributed by atoms with van der Waals surface area (Å²) in [6.07, 6.45) is -10.0. The molecule has 3 aliphatic rings. The first-order valence-corrected chi connectivity index (χ1v) is 26.4. The van der Waals surface area contributed by atoms with Gasteiger partial charge in [0.15, 0.2) is 34.2 Å². The van der Waals surface area contributed by atoms with Gasteiger partial charge >= 0.3 is 11.5 Å². The number of phosphoric ester groups is 1. The van der Waals surface area contributed by atoms with Crippen LogP contribution in [0.2, 0.25) is 0 Å². The maximum absolute atomic E-state index is 12.2. The molecule has 6 aromatic heterocycles. The second-order valence-electron chi connectivity index (χ2n) is 17.1. The summed E-state index contributed by atoms with van der Waals surface area (Å²) in [5.74, 6) is -0.0944. The highest BCUT2D eigenvalue weighted by Gasteiger charge is 2.46. The second kappa shape index (κ2) is 23.0. The molecule has 42 heteroatoms. The topological polar surface area (TPSA) is 610 Å². The number of aliphatic hydroxyl groups is 8. The molecule has 9 heterocycles. The van der Waals surface area contributed by atoms with Crippen LogP contribution in [0.5, 0.6) is 0 Å². The van der Waals surface area contributed by atoms with Crippen LogP contribution < -0.4 is 58.0 Å². The average Bonchev–Trinajstić information content (AvgIpc) is 4.24. The van der Waals surface area contributed by atoms with Crippen LogP contribution in [0.4, 0.5) is 17.8 Å². The number of aliphatic hydroxyl groups excluding tert-OH is 8. The zero-order valence-electron chi connectivity index (χ0n) is 39.6. The molecule has 426 valence electrons. The molecule has 0 radical (unpaired) electrons. The molecule has 0 saturated carbocycles. The van der Waals surface area contributed by atoms with Crippen molar-refractivity contribution in [2.45, 2.75) is 92.9 Å². The number of fused-ring (bicyclic) bond motifs is 3. The van der Waals surface area contributed by atoms with Crippen molar-refractivity contribution in [3.8, 4) is 0 Å². The van der Waals surface area contributed by atoms with Crippen LogP contribution in [0.1, 0.15) is 0 Å². The highest BCUT2D eigenvalue weighted by Crippen LogP contribution is 2.60. The summed E-state index contributed by atoms with van der Waals surface area (Å²) in [7, 11) is -15.3. The van der Waals surface area contributed by atoms with E-state index in [4.69, 9.17) is 41.6 Å². The standard InChI is InChI=1S/C12H20N5O14P3.C12H17N5O5.C11H15N5O5/c1-16-11(20)7-10(15-4-14-7)17(12(16)13)2-5-8(18)9(19)6(29-5)3-28-33(24,25)31-34(26,27)30-32(21,22)23;1-16-11(21)7-10(15-12(16)13)17(4-14-7)2-5-8(19)9(20)6(3-18)22-5;12-11-14-9-6(10(20)15-11)13-3-16(9)1-4-7(18)8(19)5(2-17)21-4/h4-6,8-9,13,18-19H,2-3H2,1H3,(H5,14,15,20,21,22,23,24,25,26,27);4-6,8-9,18-20H,2-3H2,1H3,(H2,13,15);3-5,7-8,17-19H,1-2H2,(H3,12,14,15,20)/p-3/t2*5-,6+,8+,9?;4-,5+,7+,8?/m000/s1. The summed E-state index contributed by atoms with van der Waals surface area (Å²) in [6.45, 7) is -1.93. The Labute approximate surface area is 427 Å². The molecule has 16 N–H and O–H groups in total. The number of nitrogen functional groups attached to an aromatic ring is 3. The Morgan fingerprint density at radius 3 is 1.73 bits per heavy atom. The number of nitrogens with one attached hydrogen (secondary N) is 2. The molecule has 39 nitrogen and oxygen atoms in total. The first-order chi connectivity index (χ1) is 36.0. The van der Waals surface area contributed by atoms with Gasteiger partial charge in [-0.1, -0.05) is 0 Å². The number of hydrogen-bond donors (Lipinski definition) is 13. The lowest BCUT2D eigenvalue weighted by atomic mass is 10.1. The minimum Gasteiger partial charge on any atom is -0.790 e. The van der Waals surface area contributed by atoms with E-state index in [1.807, 2.05) is 0 Å². The molecule has 0 spiro atoms. The van der Waals surface area contributed by atoms with Gasteiger partial charge in [-0.25, -0.2) is 23.4 Å². The molecule has 0 aliphatic carbocycles. The van der Waals surface area contributed by atoms with Crippen molar-refractivity contribution in [1.82, 2.24) is 53.2 Å². The zero-order chi connectivity index (χ0) is 56.8. The first-order valence-electron chi connectivity index (χ1n) is 22.0. The molecular formula is C35H49N15O24P3-3. The SMILES string of the molecule is Cn1c(N)[n+](C[C@@H]2O[C@H](COP(=O)([O-])OP(=O)([O-])OP(=O)([O-])[O-])C(O)[C@@H]2O)c2nc[nH]c2c1=O.Cn1c(N)nc2c(ncn2C[C@@H]2O[C@H](CO)C(O)[C@@H]2O)c1=O.Nc1nc2c(ncn2C[C@@H]2O[C@H](CO)C(O)[C@@H]2O)c(=O)[nH]1. The van der Waals surface area contributed by atoms with Crippen molar-refractivity contribution in [1.29, 1.82) is 0 Å². The molecular weight excluding hydrogens is 1110 g/mol. The summed E-state index contributed by atoms with van der Waals surface area (Å²) in [6, 6.07) is 0. The van der Waals surface area contributed by atoms with Gasteiger partial charge in [0.1, 0.15) is 73.2 Å². The second-order valence-corrected chi connectivity index (χ2v) is 21.4. The van der Waals surface area contributed by atoms with Crippen LogP contribution in [-0.4, -0.2) is 187 Å². The van der Waals surface area contributed by atoms with E-state index < -0.39 is 128 Å². The van der Waals surface area contributed by atoms with Gasteiger partial charge in [0, 0.05) is 7.05 Å². The lowest BCUT2D eigenvalue weighted by Crippen LogP contribution is -2.50. The van der Waals surface area contributed by atoms with E-state index in [2.05, 4.69) is 48.0 Å². The van der Waals surface area contributed by atoms with Crippen molar-refractivity contribution in [3.05, 3.63) is 50.0 Å². The monoisotopic (exact) mass is 1160 g/mol. The number of nitrogens with two attached hydrogens (primary N) is 3. The minimum absolute atomic E-state index is 0.0420. The number of hydrogen-bond acceptors (Lipinski definition) is 32. The van der Waals surface area contributed by atoms with Crippen molar-refractivity contribution >= 4 is 74.8 Å². The Morgan fingerprint density at radius 1 is 0.675 bits per heavy atom. The van der Waals surface area contributed by atoms with Crippen LogP contribution in [0.3, 0.4) is 0 Å². The van der Waals surface area contributed by atoms with Crippen LogP contribution in [0, 0.1) is 0 Å². The normalized spacial score (nSPS) is 28.1. The zero-order valence-corrected chi connectivity index (χ0v) is 42.2. The van der Waals surface area contributed by atoms with Gasteiger partial charge in [0.05, 0.1) is 67.0 Å². The predicted octanol–water partition coefficient (Wildman–Crippen LogP) is -11.2. The molecule has 9 rings (SSSR count). The molecule has 5 unspecified atom stereocenters. The molecule has 3 aliphatic heterocycles. The fourth-order valence-electron chi connectivity index (χ4n) is 8.10. The highest BCUT2D eigenvalue weighted by atomic mass is 31.3. The van der Waals surface area contributed by atoms with E-state index >= 15 is 0 Å². The fourth-order valence-corrected chi connectivity index (χ4v) is 11.0. The smallest absolute Gasteiger partial charge is 0.324 e. The third-order valence-electron chi connectivity index (χ3n) is 12.0. The Morgan fingerprint density at radius 2 is 1.18 bits per heavy atom. The van der Waals surface area contributed by atoms with E-state index in [1.165, 1.54) is 51.3 Å². The average molecular weight is 1160 g/mol. The predicted molar refractivity (Wildman–Crippen MR) is 243 cm³/mol. The van der Waals surface area contributed by atoms with Gasteiger partial charge < -0.3 is 115 Å². The minimum atomic E-state index is -6.16. The summed E-state index contributed by atoms with van der Waals surface area (Å²) in [5, 5.41) is 77.9. The number of aromatic amines is 2. The molecule has 6 aromatic rings. The van der Waals surface area contributed by atoms with Gasteiger partial charge in [-0.3, -0.25) is 37.4 Å². The van der Waals surface area contributed by atoms with Crippen molar-refractivity contribution in [2.24, 2.45) is 14.1 Å². The van der Waals surface area contributed by atoms with Crippen molar-refractivity contribution in [2.75, 3.05) is 37.0 Å². The quantitative estimate of drug-likeness (QED) is 0.0335. The van der Waals surface area contributed by atoms with Crippen molar-refractivity contribution in [3.63, 3.8) is 0 Å². The number of imidazole rings is 3. The van der Waals surface area contributed by atoms with E-state index in [0.717, 1.165) is 4.57 Å². The van der Waals surface area contributed by atoms with Gasteiger partial charge in [-0.2, -0.15) is 9.97 Å². The Kier molecular flexibility index (Phi) is 17.7. The van der Waals surface area contributed by atoms with Gasteiger partial charge in [0.2, 0.25) is 11.9 Å². The lowest BCUT2D eigenvalue weighted by molar-refractivity contribution is -0.670. The number of anilines is 3. The molecule has 0 amide bonds. The maximum Gasteiger partial charge on any atom is 0.324 e. The number of nitrogens with zero attached hydrogens (tertiary/aromatic N) is 10. The Bertz CT molecular complexity index is 3440. The Hall–Kier alpha value is -5.58. The number of rotatable bonds is 15.